The summed E-state index contributed by atoms with van der Waals surface area (Å²) in [6.07, 6.45) is -4.80. The van der Waals surface area contributed by atoms with Crippen LogP contribution in [0.3, 0.4) is 0 Å². The highest BCUT2D eigenvalue weighted by molar-refractivity contribution is 6.00. The molecular weight excluding hydrogens is 227 g/mol. The summed E-state index contributed by atoms with van der Waals surface area (Å²) in [5.74, 6) is -3.24. The van der Waals surface area contributed by atoms with Gasteiger partial charge in [-0.2, -0.15) is 13.2 Å². The van der Waals surface area contributed by atoms with E-state index in [0.29, 0.717) is 6.07 Å². The molecule has 1 aromatic carbocycles. The minimum atomic E-state index is -4.80. The third kappa shape index (κ3) is 2.08. The van der Waals surface area contributed by atoms with Crippen LogP contribution in [0.1, 0.15) is 15.9 Å². The molecule has 16 heavy (non-hydrogen) atoms. The maximum Gasteiger partial charge on any atom is 0.420 e. The summed E-state index contributed by atoms with van der Waals surface area (Å²) in [4.78, 5) is 11.1. The van der Waals surface area contributed by atoms with E-state index in [2.05, 4.69) is 0 Å². The molecular formula is C9H8F3NO3. The molecule has 88 valence electrons. The number of hydrogen-bond donors (Lipinski definition) is 3. The molecule has 0 saturated heterocycles. The molecule has 0 atom stereocenters. The topological polar surface area (TPSA) is 83.6 Å². The van der Waals surface area contributed by atoms with E-state index in [1.165, 1.54) is 0 Å². The zero-order chi connectivity index (χ0) is 12.5. The summed E-state index contributed by atoms with van der Waals surface area (Å²) in [5.41, 5.74) is 3.14. The normalized spacial score (nSPS) is 11.5. The Morgan fingerprint density at radius 3 is 2.25 bits per heavy atom. The van der Waals surface area contributed by atoms with Gasteiger partial charge in [0.2, 0.25) is 0 Å². The van der Waals surface area contributed by atoms with Gasteiger partial charge in [-0.25, -0.2) is 0 Å². The molecule has 0 unspecified atom stereocenters. The van der Waals surface area contributed by atoms with Crippen LogP contribution in [0, 0.1) is 0 Å². The molecule has 0 spiro atoms. The van der Waals surface area contributed by atoms with Crippen LogP contribution in [0.25, 0.3) is 0 Å². The van der Waals surface area contributed by atoms with Crippen LogP contribution < -0.4 is 5.73 Å². The Balaban J connectivity index is 3.35. The van der Waals surface area contributed by atoms with Gasteiger partial charge in [0.15, 0.2) is 17.3 Å². The largest absolute Gasteiger partial charge is 0.504 e. The zero-order valence-corrected chi connectivity index (χ0v) is 7.88. The third-order valence-electron chi connectivity index (χ3n) is 1.94. The summed E-state index contributed by atoms with van der Waals surface area (Å²) in [5, 5.41) is 18.3. The fourth-order valence-electron chi connectivity index (χ4n) is 1.14. The van der Waals surface area contributed by atoms with Gasteiger partial charge in [-0.1, -0.05) is 0 Å². The minimum Gasteiger partial charge on any atom is -0.504 e. The standard InChI is InChI=1S/C9H8F3NO3/c10-9(11,12)5-2-1-4(6(14)3-13)7(15)8(5)16/h1-2,15-16H,3,13H2. The van der Waals surface area contributed by atoms with Crippen LogP contribution >= 0.6 is 0 Å². The Kier molecular flexibility index (Phi) is 3.09. The Bertz CT molecular complexity index is 429. The second-order valence-corrected chi connectivity index (χ2v) is 2.98. The van der Waals surface area contributed by atoms with E-state index in [4.69, 9.17) is 10.8 Å². The lowest BCUT2D eigenvalue weighted by molar-refractivity contribution is -0.138. The van der Waals surface area contributed by atoms with E-state index in [0.717, 1.165) is 6.07 Å². The molecule has 1 aromatic rings. The first kappa shape index (κ1) is 12.3. The number of phenols is 2. The summed E-state index contributed by atoms with van der Waals surface area (Å²) in [7, 11) is 0. The molecule has 0 aromatic heterocycles. The SMILES string of the molecule is NCC(=O)c1ccc(C(F)(F)F)c(O)c1O. The highest BCUT2D eigenvalue weighted by Crippen LogP contribution is 2.41. The van der Waals surface area contributed by atoms with Gasteiger partial charge in [-0.3, -0.25) is 4.79 Å². The number of alkyl halides is 3. The molecule has 0 bridgehead atoms. The first-order chi connectivity index (χ1) is 7.29. The average Bonchev–Trinajstić information content (AvgIpc) is 2.19. The lowest BCUT2D eigenvalue weighted by Crippen LogP contribution is -2.14. The zero-order valence-electron chi connectivity index (χ0n) is 7.88. The monoisotopic (exact) mass is 235 g/mol. The molecule has 7 heteroatoms. The smallest absolute Gasteiger partial charge is 0.420 e. The molecule has 0 radical (unpaired) electrons. The van der Waals surface area contributed by atoms with E-state index >= 15 is 0 Å². The van der Waals surface area contributed by atoms with Gasteiger partial charge in [0, 0.05) is 0 Å². The van der Waals surface area contributed by atoms with Crippen LogP contribution in [-0.4, -0.2) is 22.5 Å². The quantitative estimate of drug-likeness (QED) is 0.532. The molecule has 0 amide bonds. The van der Waals surface area contributed by atoms with Gasteiger partial charge in [0.1, 0.15) is 5.56 Å². The minimum absolute atomic E-state index is 0.437. The second kappa shape index (κ2) is 4.01. The maximum atomic E-state index is 12.3. The highest BCUT2D eigenvalue weighted by atomic mass is 19.4. The number of Topliss-reactive ketones (excluding diaryl/α,β-unsaturated/α-hetero) is 1. The first-order valence-electron chi connectivity index (χ1n) is 4.14. The number of ketones is 1. The molecule has 0 heterocycles. The average molecular weight is 235 g/mol. The molecule has 0 aliphatic heterocycles. The van der Waals surface area contributed by atoms with Crippen molar-refractivity contribution in [1.82, 2.24) is 0 Å². The second-order valence-electron chi connectivity index (χ2n) is 2.98. The number of benzene rings is 1. The van der Waals surface area contributed by atoms with Crippen molar-refractivity contribution in [2.24, 2.45) is 5.73 Å². The number of rotatable bonds is 2. The van der Waals surface area contributed by atoms with Crippen molar-refractivity contribution < 1.29 is 28.2 Å². The summed E-state index contributed by atoms with van der Waals surface area (Å²) >= 11 is 0. The van der Waals surface area contributed by atoms with E-state index in [-0.39, 0.29) is 0 Å². The van der Waals surface area contributed by atoms with Crippen molar-refractivity contribution in [3.8, 4) is 11.5 Å². The molecule has 0 fully saturated rings. The van der Waals surface area contributed by atoms with Gasteiger partial charge in [-0.15, -0.1) is 0 Å². The van der Waals surface area contributed by atoms with Crippen molar-refractivity contribution in [3.05, 3.63) is 23.3 Å². The van der Waals surface area contributed by atoms with Gasteiger partial charge in [0.25, 0.3) is 0 Å². The highest BCUT2D eigenvalue weighted by Gasteiger charge is 2.36. The summed E-state index contributed by atoms with van der Waals surface area (Å²) in [6, 6.07) is 1.28. The van der Waals surface area contributed by atoms with Gasteiger partial charge < -0.3 is 15.9 Å². The predicted molar refractivity (Wildman–Crippen MR) is 48.2 cm³/mol. The number of carbonyl (C=O) groups excluding carboxylic acids is 1. The molecule has 0 aliphatic carbocycles. The van der Waals surface area contributed by atoms with Crippen molar-refractivity contribution in [1.29, 1.82) is 0 Å². The summed E-state index contributed by atoms with van der Waals surface area (Å²) < 4.78 is 36.8. The number of nitrogens with two attached hydrogens (primary N) is 1. The number of carbonyl (C=O) groups is 1. The number of hydrogen-bond acceptors (Lipinski definition) is 4. The van der Waals surface area contributed by atoms with Crippen LogP contribution in [0.2, 0.25) is 0 Å². The molecule has 1 rings (SSSR count). The van der Waals surface area contributed by atoms with Crippen molar-refractivity contribution >= 4 is 5.78 Å². The van der Waals surface area contributed by atoms with Crippen LogP contribution in [0.15, 0.2) is 12.1 Å². The van der Waals surface area contributed by atoms with Crippen molar-refractivity contribution in [3.63, 3.8) is 0 Å². The Hall–Kier alpha value is -1.76. The van der Waals surface area contributed by atoms with Gasteiger partial charge >= 0.3 is 6.18 Å². The lowest BCUT2D eigenvalue weighted by atomic mass is 10.0. The summed E-state index contributed by atoms with van der Waals surface area (Å²) in [6.45, 7) is -0.474. The Morgan fingerprint density at radius 1 is 1.25 bits per heavy atom. The fourth-order valence-corrected chi connectivity index (χ4v) is 1.14. The van der Waals surface area contributed by atoms with Crippen LogP contribution in [0.4, 0.5) is 13.2 Å². The lowest BCUT2D eigenvalue weighted by Gasteiger charge is -2.11. The molecule has 0 saturated carbocycles. The van der Waals surface area contributed by atoms with Gasteiger partial charge in [-0.05, 0) is 12.1 Å². The van der Waals surface area contributed by atoms with Crippen LogP contribution in [0.5, 0.6) is 11.5 Å². The number of aromatic hydroxyl groups is 2. The number of halogens is 3. The molecule has 0 aliphatic rings. The van der Waals surface area contributed by atoms with E-state index < -0.39 is 41.1 Å². The van der Waals surface area contributed by atoms with E-state index in [1.54, 1.807) is 0 Å². The van der Waals surface area contributed by atoms with E-state index in [1.807, 2.05) is 0 Å². The van der Waals surface area contributed by atoms with Crippen LogP contribution in [-0.2, 0) is 6.18 Å². The number of phenolic OH excluding ortho intramolecular Hbond substituents is 2. The Morgan fingerprint density at radius 2 is 1.81 bits per heavy atom. The first-order valence-corrected chi connectivity index (χ1v) is 4.14. The fraction of sp³-hybridized carbons (Fsp3) is 0.222. The third-order valence-corrected chi connectivity index (χ3v) is 1.94. The maximum absolute atomic E-state index is 12.3. The molecule has 4 nitrogen and oxygen atoms in total. The van der Waals surface area contributed by atoms with Crippen molar-refractivity contribution in [2.75, 3.05) is 6.54 Å². The van der Waals surface area contributed by atoms with E-state index in [9.17, 15) is 23.1 Å². The van der Waals surface area contributed by atoms with Gasteiger partial charge in [0.05, 0.1) is 12.1 Å². The molecule has 4 N–H and O–H groups in total. The van der Waals surface area contributed by atoms with Crippen molar-refractivity contribution in [2.45, 2.75) is 6.18 Å². The Labute approximate surface area is 88.1 Å². The predicted octanol–water partition coefficient (Wildman–Crippen LogP) is 1.26.